The Morgan fingerprint density at radius 2 is 2.00 bits per heavy atom. The lowest BCUT2D eigenvalue weighted by Crippen LogP contribution is -2.06. The number of aromatic nitrogens is 4. The van der Waals surface area contributed by atoms with Gasteiger partial charge in [-0.1, -0.05) is 31.0 Å². The average molecular weight is 410 g/mol. The summed E-state index contributed by atoms with van der Waals surface area (Å²) in [4.78, 5) is 4.68. The highest BCUT2D eigenvalue weighted by atomic mass is 35.5. The molecule has 0 radical (unpaired) electrons. The molecule has 0 aliphatic rings. The summed E-state index contributed by atoms with van der Waals surface area (Å²) in [6.07, 6.45) is 2.08. The van der Waals surface area contributed by atoms with Crippen LogP contribution in [0.4, 0.5) is 0 Å². The predicted molar refractivity (Wildman–Crippen MR) is 116 cm³/mol. The topological polar surface area (TPSA) is 78.3 Å². The van der Waals surface area contributed by atoms with Crippen LogP contribution in [0.15, 0.2) is 36.4 Å². The first kappa shape index (κ1) is 19.6. The molecule has 4 rings (SSSR count). The average Bonchev–Trinajstić information content (AvgIpc) is 3.15. The van der Waals surface area contributed by atoms with Crippen LogP contribution in [0.3, 0.4) is 0 Å². The molecule has 0 fully saturated rings. The zero-order chi connectivity index (χ0) is 20.5. The first-order valence-corrected chi connectivity index (χ1v) is 10.2. The van der Waals surface area contributed by atoms with Crippen molar-refractivity contribution in [3.63, 3.8) is 0 Å². The van der Waals surface area contributed by atoms with E-state index in [1.807, 2.05) is 54.6 Å². The van der Waals surface area contributed by atoms with Crippen LogP contribution in [0.2, 0.25) is 5.02 Å². The molecule has 150 valence electrons. The summed E-state index contributed by atoms with van der Waals surface area (Å²) in [6.45, 7) is 6.69. The molecule has 0 spiro atoms. The van der Waals surface area contributed by atoms with Crippen molar-refractivity contribution in [1.29, 1.82) is 0 Å². The summed E-state index contributed by atoms with van der Waals surface area (Å²) in [7, 11) is 0. The van der Waals surface area contributed by atoms with Crippen molar-refractivity contribution in [2.75, 3.05) is 6.61 Å². The van der Waals surface area contributed by atoms with Crippen molar-refractivity contribution in [3.05, 3.63) is 52.7 Å². The van der Waals surface area contributed by atoms with E-state index in [-0.39, 0.29) is 6.04 Å². The number of hydrogen-bond donors (Lipinski definition) is 1. The molecule has 1 unspecified atom stereocenters. The molecule has 1 atom stereocenters. The normalized spacial score (nSPS) is 12.6. The number of nitrogens with two attached hydrogens (primary N) is 1. The minimum atomic E-state index is -0.0884. The SMILES string of the molecule is CCCCOc1ccc(Cl)c(-c2nnc3c(C)nc4ccc(C(C)N)cc4n23)c1. The Morgan fingerprint density at radius 1 is 1.17 bits per heavy atom. The zero-order valence-corrected chi connectivity index (χ0v) is 17.6. The molecular formula is C22H24ClN5O. The van der Waals surface area contributed by atoms with Crippen LogP contribution in [-0.2, 0) is 0 Å². The van der Waals surface area contributed by atoms with Crippen molar-refractivity contribution < 1.29 is 4.74 Å². The van der Waals surface area contributed by atoms with Crippen LogP contribution >= 0.6 is 11.6 Å². The van der Waals surface area contributed by atoms with E-state index in [2.05, 4.69) is 22.1 Å². The van der Waals surface area contributed by atoms with Crippen LogP contribution in [0, 0.1) is 6.92 Å². The van der Waals surface area contributed by atoms with Crippen LogP contribution in [0.1, 0.15) is 44.0 Å². The summed E-state index contributed by atoms with van der Waals surface area (Å²) in [6, 6.07) is 11.6. The number of nitrogens with zero attached hydrogens (tertiary/aromatic N) is 4. The van der Waals surface area contributed by atoms with Gasteiger partial charge in [0.2, 0.25) is 0 Å². The summed E-state index contributed by atoms with van der Waals surface area (Å²) >= 11 is 6.55. The van der Waals surface area contributed by atoms with Gasteiger partial charge in [-0.3, -0.25) is 4.40 Å². The monoisotopic (exact) mass is 409 g/mol. The molecule has 29 heavy (non-hydrogen) atoms. The first-order valence-electron chi connectivity index (χ1n) is 9.83. The third-order valence-corrected chi connectivity index (χ3v) is 5.32. The highest BCUT2D eigenvalue weighted by Gasteiger charge is 2.18. The lowest BCUT2D eigenvalue weighted by atomic mass is 10.1. The fourth-order valence-electron chi connectivity index (χ4n) is 3.35. The van der Waals surface area contributed by atoms with Crippen LogP contribution in [-0.4, -0.2) is 26.2 Å². The van der Waals surface area contributed by atoms with E-state index in [4.69, 9.17) is 22.1 Å². The van der Waals surface area contributed by atoms with E-state index < -0.39 is 0 Å². The number of fused-ring (bicyclic) bond motifs is 3. The number of rotatable bonds is 6. The molecule has 0 amide bonds. The van der Waals surface area contributed by atoms with E-state index in [0.717, 1.165) is 46.4 Å². The van der Waals surface area contributed by atoms with Gasteiger partial charge >= 0.3 is 0 Å². The largest absolute Gasteiger partial charge is 0.494 e. The molecular weight excluding hydrogens is 386 g/mol. The minimum absolute atomic E-state index is 0.0884. The highest BCUT2D eigenvalue weighted by Crippen LogP contribution is 2.33. The molecule has 0 saturated heterocycles. The molecule has 0 saturated carbocycles. The van der Waals surface area contributed by atoms with Crippen molar-refractivity contribution in [2.45, 2.75) is 39.7 Å². The maximum atomic E-state index is 6.55. The second kappa shape index (κ2) is 7.97. The minimum Gasteiger partial charge on any atom is -0.494 e. The van der Waals surface area contributed by atoms with Gasteiger partial charge in [0, 0.05) is 11.6 Å². The summed E-state index contributed by atoms with van der Waals surface area (Å²) in [5.41, 5.74) is 11.1. The van der Waals surface area contributed by atoms with Gasteiger partial charge in [0.25, 0.3) is 0 Å². The van der Waals surface area contributed by atoms with Crippen LogP contribution in [0.5, 0.6) is 5.75 Å². The van der Waals surface area contributed by atoms with Crippen molar-refractivity contribution >= 4 is 28.3 Å². The summed E-state index contributed by atoms with van der Waals surface area (Å²) in [5.74, 6) is 1.42. The lowest BCUT2D eigenvalue weighted by Gasteiger charge is -2.12. The van der Waals surface area contributed by atoms with Gasteiger partial charge in [-0.2, -0.15) is 0 Å². The molecule has 0 aliphatic carbocycles. The maximum Gasteiger partial charge on any atom is 0.183 e. The molecule has 4 aromatic rings. The number of aryl methyl sites for hydroxylation is 1. The quantitative estimate of drug-likeness (QED) is 0.448. The molecule has 2 aromatic carbocycles. The molecule has 2 heterocycles. The third-order valence-electron chi connectivity index (χ3n) is 4.99. The van der Waals surface area contributed by atoms with Gasteiger partial charge in [-0.15, -0.1) is 10.2 Å². The van der Waals surface area contributed by atoms with Crippen LogP contribution in [0.25, 0.3) is 28.1 Å². The highest BCUT2D eigenvalue weighted by molar-refractivity contribution is 6.33. The van der Waals surface area contributed by atoms with Gasteiger partial charge in [-0.25, -0.2) is 4.98 Å². The van der Waals surface area contributed by atoms with E-state index in [1.54, 1.807) is 0 Å². The molecule has 0 bridgehead atoms. The number of halogens is 1. The molecule has 2 aromatic heterocycles. The van der Waals surface area contributed by atoms with E-state index in [0.29, 0.717) is 23.1 Å². The standard InChI is InChI=1S/C22H24ClN5O/c1-4-5-10-29-16-7-8-18(23)17(12-16)22-27-26-21-14(3)25-19-9-6-15(13(2)24)11-20(19)28(21)22/h6-9,11-13H,4-5,10,24H2,1-3H3. The van der Waals surface area contributed by atoms with Gasteiger partial charge in [0.1, 0.15) is 5.75 Å². The molecule has 6 nitrogen and oxygen atoms in total. The Morgan fingerprint density at radius 3 is 2.76 bits per heavy atom. The second-order valence-corrected chi connectivity index (χ2v) is 7.67. The fourth-order valence-corrected chi connectivity index (χ4v) is 3.55. The number of ether oxygens (including phenoxy) is 1. The van der Waals surface area contributed by atoms with E-state index in [9.17, 15) is 0 Å². The summed E-state index contributed by atoms with van der Waals surface area (Å²) < 4.78 is 7.87. The van der Waals surface area contributed by atoms with E-state index in [1.165, 1.54) is 0 Å². The first-order chi connectivity index (χ1) is 14.0. The Kier molecular flexibility index (Phi) is 5.39. The lowest BCUT2D eigenvalue weighted by molar-refractivity contribution is 0.309. The third kappa shape index (κ3) is 3.66. The Hall–Kier alpha value is -2.70. The molecule has 2 N–H and O–H groups in total. The van der Waals surface area contributed by atoms with Gasteiger partial charge in [0.05, 0.1) is 28.4 Å². The molecule has 7 heteroatoms. The van der Waals surface area contributed by atoms with Crippen molar-refractivity contribution in [3.8, 4) is 17.1 Å². The second-order valence-electron chi connectivity index (χ2n) is 7.26. The van der Waals surface area contributed by atoms with Gasteiger partial charge in [-0.05, 0) is 56.2 Å². The summed E-state index contributed by atoms with van der Waals surface area (Å²) in [5, 5.41) is 9.43. The van der Waals surface area contributed by atoms with Crippen LogP contribution < -0.4 is 10.5 Å². The predicted octanol–water partition coefficient (Wildman–Crippen LogP) is 5.10. The van der Waals surface area contributed by atoms with Gasteiger partial charge in [0.15, 0.2) is 11.5 Å². The van der Waals surface area contributed by atoms with Crippen molar-refractivity contribution in [2.24, 2.45) is 5.73 Å². The van der Waals surface area contributed by atoms with Gasteiger partial charge < -0.3 is 10.5 Å². The fraction of sp³-hybridized carbons (Fsp3) is 0.318. The Labute approximate surface area is 174 Å². The smallest absolute Gasteiger partial charge is 0.183 e. The number of benzene rings is 2. The Balaban J connectivity index is 1.93. The number of unbranched alkanes of at least 4 members (excludes halogenated alkanes) is 1. The Bertz CT molecular complexity index is 1180. The van der Waals surface area contributed by atoms with Crippen molar-refractivity contribution in [1.82, 2.24) is 19.6 Å². The zero-order valence-electron chi connectivity index (χ0n) is 16.8. The van der Waals surface area contributed by atoms with E-state index >= 15 is 0 Å². The number of hydrogen-bond acceptors (Lipinski definition) is 5. The maximum absolute atomic E-state index is 6.55. The molecule has 0 aliphatic heterocycles.